The lowest BCUT2D eigenvalue weighted by molar-refractivity contribution is 0.0600. The molecule has 0 saturated heterocycles. The summed E-state index contributed by atoms with van der Waals surface area (Å²) in [5.41, 5.74) is 6.97. The number of rotatable bonds is 3. The molecule has 0 bridgehead atoms. The third-order valence-corrected chi connectivity index (χ3v) is 4.02. The van der Waals surface area contributed by atoms with Crippen LogP contribution in [0.3, 0.4) is 0 Å². The van der Waals surface area contributed by atoms with E-state index < -0.39 is 5.97 Å². The first-order chi connectivity index (χ1) is 9.41. The van der Waals surface area contributed by atoms with Crippen LogP contribution in [-0.4, -0.2) is 19.2 Å². The van der Waals surface area contributed by atoms with E-state index in [1.165, 1.54) is 7.11 Å². The van der Waals surface area contributed by atoms with Crippen molar-refractivity contribution in [3.8, 4) is 5.75 Å². The number of benzene rings is 1. The number of carbonyl (C=O) groups excluding carboxylic acids is 1. The molecule has 1 aromatic carbocycles. The van der Waals surface area contributed by atoms with E-state index in [0.717, 1.165) is 25.7 Å². The zero-order valence-electron chi connectivity index (χ0n) is 12.4. The molecule has 0 aromatic heterocycles. The van der Waals surface area contributed by atoms with Crippen molar-refractivity contribution in [2.75, 3.05) is 12.8 Å². The molecular weight excluding hydrogens is 254 g/mol. The highest BCUT2D eigenvalue weighted by Gasteiger charge is 2.28. The molecule has 110 valence electrons. The molecule has 20 heavy (non-hydrogen) atoms. The van der Waals surface area contributed by atoms with Gasteiger partial charge in [0.15, 0.2) is 0 Å². The minimum Gasteiger partial charge on any atom is -0.490 e. The van der Waals surface area contributed by atoms with Gasteiger partial charge in [0.25, 0.3) is 0 Å². The van der Waals surface area contributed by atoms with Crippen molar-refractivity contribution in [2.45, 2.75) is 45.6 Å². The maximum Gasteiger partial charge on any atom is 0.340 e. The zero-order chi connectivity index (χ0) is 14.8. The van der Waals surface area contributed by atoms with E-state index in [2.05, 4.69) is 13.8 Å². The van der Waals surface area contributed by atoms with Crippen LogP contribution in [0.5, 0.6) is 5.75 Å². The molecule has 2 rings (SSSR count). The second-order valence-corrected chi connectivity index (χ2v) is 6.22. The van der Waals surface area contributed by atoms with E-state index in [-0.39, 0.29) is 6.10 Å². The van der Waals surface area contributed by atoms with Gasteiger partial charge < -0.3 is 15.2 Å². The predicted molar refractivity (Wildman–Crippen MR) is 78.9 cm³/mol. The average Bonchev–Trinajstić information content (AvgIpc) is 2.42. The molecule has 0 amide bonds. The Hall–Kier alpha value is -1.71. The van der Waals surface area contributed by atoms with Crippen molar-refractivity contribution in [3.63, 3.8) is 0 Å². The van der Waals surface area contributed by atoms with Gasteiger partial charge in [-0.1, -0.05) is 13.8 Å². The number of methoxy groups -OCH3 is 1. The Kier molecular flexibility index (Phi) is 4.21. The van der Waals surface area contributed by atoms with Crippen LogP contribution in [0.15, 0.2) is 18.2 Å². The van der Waals surface area contributed by atoms with Crippen molar-refractivity contribution in [1.29, 1.82) is 0 Å². The molecule has 1 aliphatic rings. The first-order valence-electron chi connectivity index (χ1n) is 7.06. The Labute approximate surface area is 120 Å². The molecule has 4 nitrogen and oxygen atoms in total. The Morgan fingerprint density at radius 1 is 1.30 bits per heavy atom. The normalized spacial score (nSPS) is 18.6. The monoisotopic (exact) mass is 277 g/mol. The highest BCUT2D eigenvalue weighted by Crippen LogP contribution is 2.36. The van der Waals surface area contributed by atoms with E-state index in [1.54, 1.807) is 12.1 Å². The summed E-state index contributed by atoms with van der Waals surface area (Å²) in [5, 5.41) is 0. The summed E-state index contributed by atoms with van der Waals surface area (Å²) in [7, 11) is 1.35. The molecule has 1 aliphatic carbocycles. The number of anilines is 1. The minimum atomic E-state index is -0.433. The van der Waals surface area contributed by atoms with Crippen LogP contribution in [-0.2, 0) is 4.74 Å². The van der Waals surface area contributed by atoms with Crippen LogP contribution in [0.2, 0.25) is 0 Å². The van der Waals surface area contributed by atoms with Crippen molar-refractivity contribution >= 4 is 11.7 Å². The second-order valence-electron chi connectivity index (χ2n) is 6.22. The van der Waals surface area contributed by atoms with Crippen molar-refractivity contribution in [2.24, 2.45) is 5.41 Å². The van der Waals surface area contributed by atoms with Gasteiger partial charge in [-0.15, -0.1) is 0 Å². The summed E-state index contributed by atoms with van der Waals surface area (Å²) in [6, 6.07) is 5.16. The number of esters is 1. The number of nitrogen functional groups attached to an aromatic ring is 1. The summed E-state index contributed by atoms with van der Waals surface area (Å²) in [5.74, 6) is 0.252. The van der Waals surface area contributed by atoms with Gasteiger partial charge in [0.2, 0.25) is 0 Å². The third-order valence-electron chi connectivity index (χ3n) is 4.02. The SMILES string of the molecule is COC(=O)c1cc(OC2CCC(C)(C)CC2)ccc1N. The average molecular weight is 277 g/mol. The highest BCUT2D eigenvalue weighted by molar-refractivity contribution is 5.95. The van der Waals surface area contributed by atoms with E-state index in [4.69, 9.17) is 15.2 Å². The van der Waals surface area contributed by atoms with Crippen molar-refractivity contribution < 1.29 is 14.3 Å². The fraction of sp³-hybridized carbons (Fsp3) is 0.562. The van der Waals surface area contributed by atoms with Gasteiger partial charge in [0.05, 0.1) is 18.8 Å². The minimum absolute atomic E-state index is 0.220. The van der Waals surface area contributed by atoms with Crippen LogP contribution < -0.4 is 10.5 Å². The van der Waals surface area contributed by atoms with Crippen molar-refractivity contribution in [1.82, 2.24) is 0 Å². The molecule has 1 saturated carbocycles. The molecule has 0 unspecified atom stereocenters. The Morgan fingerprint density at radius 2 is 1.95 bits per heavy atom. The quantitative estimate of drug-likeness (QED) is 0.679. The van der Waals surface area contributed by atoms with Gasteiger partial charge in [0, 0.05) is 5.69 Å². The van der Waals surface area contributed by atoms with Crippen molar-refractivity contribution in [3.05, 3.63) is 23.8 Å². The molecule has 4 heteroatoms. The van der Waals surface area contributed by atoms with Gasteiger partial charge in [-0.25, -0.2) is 4.79 Å². The smallest absolute Gasteiger partial charge is 0.340 e. The van der Waals surface area contributed by atoms with Gasteiger partial charge in [-0.05, 0) is 49.3 Å². The standard InChI is InChI=1S/C16H23NO3/c1-16(2)8-6-11(7-9-16)20-12-4-5-14(17)13(10-12)15(18)19-3/h4-5,10-11H,6-9,17H2,1-3H3. The molecule has 0 heterocycles. The van der Waals surface area contributed by atoms with Crippen LogP contribution in [0.4, 0.5) is 5.69 Å². The summed E-state index contributed by atoms with van der Waals surface area (Å²) in [6.45, 7) is 4.59. The summed E-state index contributed by atoms with van der Waals surface area (Å²) >= 11 is 0. The molecule has 0 radical (unpaired) electrons. The lowest BCUT2D eigenvalue weighted by Gasteiger charge is -2.34. The molecule has 2 N–H and O–H groups in total. The van der Waals surface area contributed by atoms with Crippen LogP contribution >= 0.6 is 0 Å². The molecule has 0 aliphatic heterocycles. The predicted octanol–water partition coefficient (Wildman–Crippen LogP) is 3.40. The van der Waals surface area contributed by atoms with E-state index in [0.29, 0.717) is 22.4 Å². The van der Waals surface area contributed by atoms with Gasteiger partial charge in [-0.3, -0.25) is 0 Å². The number of nitrogens with two attached hydrogens (primary N) is 1. The van der Waals surface area contributed by atoms with E-state index >= 15 is 0 Å². The number of hydrogen-bond donors (Lipinski definition) is 1. The number of hydrogen-bond acceptors (Lipinski definition) is 4. The lowest BCUT2D eigenvalue weighted by atomic mass is 9.76. The molecular formula is C16H23NO3. The Morgan fingerprint density at radius 3 is 2.55 bits per heavy atom. The third kappa shape index (κ3) is 3.44. The fourth-order valence-electron chi connectivity index (χ4n) is 2.58. The Bertz CT molecular complexity index is 486. The van der Waals surface area contributed by atoms with Crippen LogP contribution in [0, 0.1) is 5.41 Å². The van der Waals surface area contributed by atoms with E-state index in [1.807, 2.05) is 6.07 Å². The van der Waals surface area contributed by atoms with Crippen LogP contribution in [0.1, 0.15) is 49.9 Å². The van der Waals surface area contributed by atoms with Gasteiger partial charge in [0.1, 0.15) is 5.75 Å². The molecule has 1 aromatic rings. The first kappa shape index (κ1) is 14.7. The van der Waals surface area contributed by atoms with Gasteiger partial charge in [-0.2, -0.15) is 0 Å². The largest absolute Gasteiger partial charge is 0.490 e. The molecule has 0 atom stereocenters. The Balaban J connectivity index is 2.05. The number of carbonyl (C=O) groups is 1. The molecule has 1 fully saturated rings. The van der Waals surface area contributed by atoms with E-state index in [9.17, 15) is 4.79 Å². The molecule has 0 spiro atoms. The van der Waals surface area contributed by atoms with Crippen LogP contribution in [0.25, 0.3) is 0 Å². The maximum atomic E-state index is 11.6. The first-order valence-corrected chi connectivity index (χ1v) is 7.06. The maximum absolute atomic E-state index is 11.6. The lowest BCUT2D eigenvalue weighted by Crippen LogP contribution is -2.28. The fourth-order valence-corrected chi connectivity index (χ4v) is 2.58. The second kappa shape index (κ2) is 5.73. The zero-order valence-corrected chi connectivity index (χ0v) is 12.4. The number of ether oxygens (including phenoxy) is 2. The van der Waals surface area contributed by atoms with Gasteiger partial charge >= 0.3 is 5.97 Å². The summed E-state index contributed by atoms with van der Waals surface area (Å²) < 4.78 is 10.7. The summed E-state index contributed by atoms with van der Waals surface area (Å²) in [6.07, 6.45) is 4.64. The highest BCUT2D eigenvalue weighted by atomic mass is 16.5. The topological polar surface area (TPSA) is 61.5 Å². The summed E-state index contributed by atoms with van der Waals surface area (Å²) in [4.78, 5) is 11.6.